The van der Waals surface area contributed by atoms with Crippen LogP contribution in [-0.4, -0.2) is 32.8 Å². The smallest absolute Gasteiger partial charge is 0.255 e. The topological polar surface area (TPSA) is 81.9 Å². The zero-order chi connectivity index (χ0) is 22.7. The van der Waals surface area contributed by atoms with E-state index in [0.29, 0.717) is 22.8 Å². The van der Waals surface area contributed by atoms with Gasteiger partial charge in [-0.25, -0.2) is 14.4 Å². The van der Waals surface area contributed by atoms with Gasteiger partial charge in [0.2, 0.25) is 0 Å². The molecule has 7 nitrogen and oxygen atoms in total. The second kappa shape index (κ2) is 9.37. The summed E-state index contributed by atoms with van der Waals surface area (Å²) >= 11 is 1.71. The number of nitrogens with one attached hydrogen (secondary N) is 1. The van der Waals surface area contributed by atoms with Crippen LogP contribution in [0.4, 0.5) is 4.39 Å². The summed E-state index contributed by atoms with van der Waals surface area (Å²) in [6, 6.07) is 10.0. The first kappa shape index (κ1) is 21.8. The first-order valence-corrected chi connectivity index (χ1v) is 10.8. The van der Waals surface area contributed by atoms with E-state index in [1.807, 2.05) is 6.07 Å². The fourth-order valence-electron chi connectivity index (χ4n) is 3.42. The number of thiophene rings is 1. The van der Waals surface area contributed by atoms with E-state index >= 15 is 0 Å². The predicted octanol–water partition coefficient (Wildman–Crippen LogP) is 4.22. The molecule has 1 aromatic carbocycles. The zero-order valence-electron chi connectivity index (χ0n) is 17.9. The van der Waals surface area contributed by atoms with Gasteiger partial charge in [-0.1, -0.05) is 12.1 Å². The minimum Gasteiger partial charge on any atom is -0.378 e. The molecule has 0 bridgehead atoms. The molecule has 9 heteroatoms. The number of benzene rings is 1. The highest BCUT2D eigenvalue weighted by Gasteiger charge is 2.20. The normalized spacial score (nSPS) is 11.0. The molecule has 0 saturated carbocycles. The third-order valence-corrected chi connectivity index (χ3v) is 5.85. The van der Waals surface area contributed by atoms with Gasteiger partial charge in [0, 0.05) is 35.2 Å². The SMILES string of the molecule is COCc1c(C(=O)NCc2cccc(F)c2)cnn1-c1nccc(-c2cc(C)sc2C)n1. The summed E-state index contributed by atoms with van der Waals surface area (Å²) in [6.07, 6.45) is 3.14. The van der Waals surface area contributed by atoms with E-state index in [1.54, 1.807) is 36.8 Å². The number of carbonyl (C=O) groups is 1. The van der Waals surface area contributed by atoms with Crippen LogP contribution < -0.4 is 5.32 Å². The molecule has 0 spiro atoms. The average Bonchev–Trinajstić information content (AvgIpc) is 3.35. The minimum absolute atomic E-state index is 0.146. The molecule has 0 saturated heterocycles. The van der Waals surface area contributed by atoms with Crippen LogP contribution in [0.15, 0.2) is 48.8 Å². The van der Waals surface area contributed by atoms with Crippen LogP contribution in [-0.2, 0) is 17.9 Å². The quantitative estimate of drug-likeness (QED) is 0.455. The lowest BCUT2D eigenvalue weighted by Gasteiger charge is -2.09. The summed E-state index contributed by atoms with van der Waals surface area (Å²) in [4.78, 5) is 24.2. The van der Waals surface area contributed by atoms with Crippen molar-refractivity contribution in [1.29, 1.82) is 0 Å². The average molecular weight is 452 g/mol. The summed E-state index contributed by atoms with van der Waals surface area (Å²) in [7, 11) is 1.54. The fraction of sp³-hybridized carbons (Fsp3) is 0.217. The number of ether oxygens (including phenoxy) is 1. The fourth-order valence-corrected chi connectivity index (χ4v) is 4.35. The zero-order valence-corrected chi connectivity index (χ0v) is 18.7. The van der Waals surface area contributed by atoms with Gasteiger partial charge in [-0.2, -0.15) is 9.78 Å². The third-order valence-electron chi connectivity index (χ3n) is 4.89. The van der Waals surface area contributed by atoms with Crippen LogP contribution in [0.1, 0.15) is 31.4 Å². The Morgan fingerprint density at radius 1 is 1.25 bits per heavy atom. The van der Waals surface area contributed by atoms with Crippen LogP contribution in [0.3, 0.4) is 0 Å². The van der Waals surface area contributed by atoms with Crippen molar-refractivity contribution >= 4 is 17.2 Å². The Hall–Kier alpha value is -3.43. The Bertz CT molecular complexity index is 1270. The molecule has 1 N–H and O–H groups in total. The Morgan fingerprint density at radius 2 is 2.09 bits per heavy atom. The monoisotopic (exact) mass is 451 g/mol. The number of aromatic nitrogens is 4. The summed E-state index contributed by atoms with van der Waals surface area (Å²) in [6.45, 7) is 4.45. The Balaban J connectivity index is 1.62. The van der Waals surface area contributed by atoms with Gasteiger partial charge in [0.05, 0.1) is 29.8 Å². The van der Waals surface area contributed by atoms with Crippen LogP contribution >= 0.6 is 11.3 Å². The number of hydrogen-bond donors (Lipinski definition) is 1. The van der Waals surface area contributed by atoms with E-state index in [2.05, 4.69) is 40.3 Å². The van der Waals surface area contributed by atoms with Crippen molar-refractivity contribution in [2.45, 2.75) is 27.0 Å². The van der Waals surface area contributed by atoms with E-state index in [1.165, 1.54) is 32.8 Å². The van der Waals surface area contributed by atoms with E-state index in [-0.39, 0.29) is 24.9 Å². The van der Waals surface area contributed by atoms with Crippen molar-refractivity contribution in [3.05, 3.63) is 81.2 Å². The first-order valence-electron chi connectivity index (χ1n) is 9.95. The lowest BCUT2D eigenvalue weighted by Crippen LogP contribution is -2.24. The maximum absolute atomic E-state index is 13.4. The van der Waals surface area contributed by atoms with Gasteiger partial charge in [-0.15, -0.1) is 11.3 Å². The van der Waals surface area contributed by atoms with Crippen molar-refractivity contribution in [1.82, 2.24) is 25.1 Å². The van der Waals surface area contributed by atoms with Gasteiger partial charge in [0.25, 0.3) is 11.9 Å². The Labute approximate surface area is 188 Å². The first-order chi connectivity index (χ1) is 15.5. The predicted molar refractivity (Wildman–Crippen MR) is 120 cm³/mol. The number of amides is 1. The second-order valence-corrected chi connectivity index (χ2v) is 8.69. The van der Waals surface area contributed by atoms with E-state index in [0.717, 1.165) is 11.3 Å². The third kappa shape index (κ3) is 4.58. The Morgan fingerprint density at radius 3 is 2.81 bits per heavy atom. The molecule has 0 aliphatic rings. The van der Waals surface area contributed by atoms with E-state index in [9.17, 15) is 9.18 Å². The summed E-state index contributed by atoms with van der Waals surface area (Å²) < 4.78 is 20.2. The van der Waals surface area contributed by atoms with Crippen LogP contribution in [0, 0.1) is 19.7 Å². The maximum atomic E-state index is 13.4. The van der Waals surface area contributed by atoms with Gasteiger partial charge in [-0.05, 0) is 43.7 Å². The lowest BCUT2D eigenvalue weighted by atomic mass is 10.2. The molecular weight excluding hydrogens is 429 g/mol. The van der Waals surface area contributed by atoms with Gasteiger partial charge < -0.3 is 10.1 Å². The number of rotatable bonds is 7. The molecular formula is C23H22FN5O2S. The number of carbonyl (C=O) groups excluding carboxylic acids is 1. The highest BCUT2D eigenvalue weighted by atomic mass is 32.1. The Kier molecular flexibility index (Phi) is 6.38. The maximum Gasteiger partial charge on any atom is 0.255 e. The highest BCUT2D eigenvalue weighted by Crippen LogP contribution is 2.29. The summed E-state index contributed by atoms with van der Waals surface area (Å²) in [5.74, 6) is -0.340. The van der Waals surface area contributed by atoms with Gasteiger partial charge >= 0.3 is 0 Å². The molecule has 0 fully saturated rings. The van der Waals surface area contributed by atoms with Crippen LogP contribution in [0.25, 0.3) is 17.2 Å². The molecule has 0 radical (unpaired) electrons. The molecule has 1 amide bonds. The van der Waals surface area contributed by atoms with Gasteiger partial charge in [0.1, 0.15) is 5.82 Å². The highest BCUT2D eigenvalue weighted by molar-refractivity contribution is 7.12. The lowest BCUT2D eigenvalue weighted by molar-refractivity contribution is 0.0945. The van der Waals surface area contributed by atoms with E-state index < -0.39 is 0 Å². The second-order valence-electron chi connectivity index (χ2n) is 7.23. The molecule has 32 heavy (non-hydrogen) atoms. The van der Waals surface area contributed by atoms with Crippen molar-refractivity contribution in [3.8, 4) is 17.2 Å². The minimum atomic E-state index is -0.349. The van der Waals surface area contributed by atoms with Crippen molar-refractivity contribution in [2.75, 3.05) is 7.11 Å². The van der Waals surface area contributed by atoms with E-state index in [4.69, 9.17) is 4.74 Å². The van der Waals surface area contributed by atoms with Gasteiger partial charge in [0.15, 0.2) is 0 Å². The largest absolute Gasteiger partial charge is 0.378 e. The van der Waals surface area contributed by atoms with Crippen LogP contribution in [0.2, 0.25) is 0 Å². The molecule has 3 aromatic heterocycles. The molecule has 0 unspecified atom stereocenters. The van der Waals surface area contributed by atoms with Crippen LogP contribution in [0.5, 0.6) is 0 Å². The molecule has 0 aliphatic heterocycles. The summed E-state index contributed by atoms with van der Waals surface area (Å²) in [5.41, 5.74) is 3.37. The molecule has 4 aromatic rings. The number of methoxy groups -OCH3 is 1. The number of hydrogen-bond acceptors (Lipinski definition) is 6. The number of halogens is 1. The molecule has 164 valence electrons. The number of aryl methyl sites for hydroxylation is 2. The summed E-state index contributed by atoms with van der Waals surface area (Å²) in [5, 5.41) is 7.15. The standard InChI is InChI=1S/C23H22FN5O2S/c1-14-9-18(15(2)32-14)20-7-8-25-23(28-20)29-21(13-31-3)19(12-27-29)22(30)26-11-16-5-4-6-17(24)10-16/h4-10,12H,11,13H2,1-3H3,(H,26,30). The molecule has 0 atom stereocenters. The van der Waals surface area contributed by atoms with Crippen molar-refractivity contribution in [2.24, 2.45) is 0 Å². The molecule has 4 rings (SSSR count). The van der Waals surface area contributed by atoms with Crippen molar-refractivity contribution < 1.29 is 13.9 Å². The molecule has 3 heterocycles. The molecule has 0 aliphatic carbocycles. The van der Waals surface area contributed by atoms with Crippen molar-refractivity contribution in [3.63, 3.8) is 0 Å². The van der Waals surface area contributed by atoms with Gasteiger partial charge in [-0.3, -0.25) is 4.79 Å². The number of nitrogens with zero attached hydrogens (tertiary/aromatic N) is 4.